The van der Waals surface area contributed by atoms with Crippen LogP contribution in [0.5, 0.6) is 0 Å². The first kappa shape index (κ1) is 13.4. The van der Waals surface area contributed by atoms with E-state index in [0.29, 0.717) is 24.0 Å². The first-order valence-corrected chi connectivity index (χ1v) is 6.01. The highest BCUT2D eigenvalue weighted by atomic mass is 16.5. The summed E-state index contributed by atoms with van der Waals surface area (Å²) in [6.07, 6.45) is 4.93. The van der Waals surface area contributed by atoms with Crippen molar-refractivity contribution in [3.8, 4) is 0 Å². The number of aldehydes is 1. The van der Waals surface area contributed by atoms with E-state index in [1.54, 1.807) is 24.3 Å². The number of hydrogen-bond acceptors (Lipinski definition) is 3. The van der Waals surface area contributed by atoms with Crippen molar-refractivity contribution in [3.63, 3.8) is 0 Å². The number of unbranched alkanes of at least 4 members (excludes halogenated alkanes) is 3. The zero-order chi connectivity index (χ0) is 12.5. The van der Waals surface area contributed by atoms with Gasteiger partial charge in [-0.1, -0.05) is 44.4 Å². The molecule has 0 heterocycles. The lowest BCUT2D eigenvalue weighted by Gasteiger charge is -2.06. The SMILES string of the molecule is CCCCCCOC(=O)c1ccccc1C=O. The van der Waals surface area contributed by atoms with Crippen LogP contribution in [0, 0.1) is 0 Å². The fraction of sp³-hybridized carbons (Fsp3) is 0.429. The van der Waals surface area contributed by atoms with Gasteiger partial charge in [-0.05, 0) is 12.5 Å². The van der Waals surface area contributed by atoms with Crippen LogP contribution in [0.3, 0.4) is 0 Å². The largest absolute Gasteiger partial charge is 0.462 e. The minimum absolute atomic E-state index is 0.345. The van der Waals surface area contributed by atoms with Crippen molar-refractivity contribution in [2.45, 2.75) is 32.6 Å². The number of carbonyl (C=O) groups excluding carboxylic acids is 2. The van der Waals surface area contributed by atoms with Gasteiger partial charge >= 0.3 is 5.97 Å². The highest BCUT2D eigenvalue weighted by Gasteiger charge is 2.10. The molecule has 0 atom stereocenters. The van der Waals surface area contributed by atoms with Crippen molar-refractivity contribution in [2.75, 3.05) is 6.61 Å². The van der Waals surface area contributed by atoms with E-state index in [1.807, 2.05) is 0 Å². The zero-order valence-electron chi connectivity index (χ0n) is 10.1. The molecule has 0 amide bonds. The molecule has 0 radical (unpaired) electrons. The Morgan fingerprint density at radius 2 is 2.00 bits per heavy atom. The third-order valence-corrected chi connectivity index (χ3v) is 2.54. The van der Waals surface area contributed by atoms with Crippen LogP contribution < -0.4 is 0 Å². The Morgan fingerprint density at radius 3 is 2.71 bits per heavy atom. The van der Waals surface area contributed by atoms with Gasteiger partial charge in [0.05, 0.1) is 12.2 Å². The average Bonchev–Trinajstić information content (AvgIpc) is 2.38. The lowest BCUT2D eigenvalue weighted by molar-refractivity contribution is 0.0496. The van der Waals surface area contributed by atoms with E-state index < -0.39 is 5.97 Å². The highest BCUT2D eigenvalue weighted by Crippen LogP contribution is 2.08. The standard InChI is InChI=1S/C14H18O3/c1-2-3-4-7-10-17-14(16)13-9-6-5-8-12(13)11-15/h5-6,8-9,11H,2-4,7,10H2,1H3. The Bertz CT molecular complexity index is 371. The van der Waals surface area contributed by atoms with Crippen molar-refractivity contribution < 1.29 is 14.3 Å². The van der Waals surface area contributed by atoms with E-state index >= 15 is 0 Å². The fourth-order valence-corrected chi connectivity index (χ4v) is 1.56. The molecule has 1 rings (SSSR count). The molecule has 0 fully saturated rings. The number of ether oxygens (including phenoxy) is 1. The van der Waals surface area contributed by atoms with Crippen LogP contribution in [-0.2, 0) is 4.74 Å². The Labute approximate surface area is 102 Å². The van der Waals surface area contributed by atoms with Crippen LogP contribution in [0.15, 0.2) is 24.3 Å². The number of esters is 1. The lowest BCUT2D eigenvalue weighted by Crippen LogP contribution is -2.09. The summed E-state index contributed by atoms with van der Waals surface area (Å²) in [6.45, 7) is 2.55. The molecular formula is C14H18O3. The minimum Gasteiger partial charge on any atom is -0.462 e. The molecule has 0 unspecified atom stereocenters. The summed E-state index contributed by atoms with van der Waals surface area (Å²) in [6, 6.07) is 6.67. The number of carbonyl (C=O) groups is 2. The van der Waals surface area contributed by atoms with Gasteiger partial charge < -0.3 is 4.74 Å². The summed E-state index contributed by atoms with van der Waals surface area (Å²) in [4.78, 5) is 22.4. The molecule has 0 aliphatic rings. The van der Waals surface area contributed by atoms with Gasteiger partial charge in [0.2, 0.25) is 0 Å². The quantitative estimate of drug-likeness (QED) is 0.413. The summed E-state index contributed by atoms with van der Waals surface area (Å²) in [5, 5.41) is 0. The third kappa shape index (κ3) is 4.39. The summed E-state index contributed by atoms with van der Waals surface area (Å²) in [5.74, 6) is -0.413. The van der Waals surface area contributed by atoms with E-state index in [1.165, 1.54) is 0 Å². The van der Waals surface area contributed by atoms with Crippen LogP contribution in [0.2, 0.25) is 0 Å². The molecule has 0 saturated carbocycles. The van der Waals surface area contributed by atoms with Crippen molar-refractivity contribution in [1.29, 1.82) is 0 Å². The molecule has 17 heavy (non-hydrogen) atoms. The maximum absolute atomic E-state index is 11.7. The second-order valence-electron chi connectivity index (χ2n) is 3.90. The van der Waals surface area contributed by atoms with Gasteiger partial charge in [0.15, 0.2) is 6.29 Å². The molecule has 0 aliphatic heterocycles. The van der Waals surface area contributed by atoms with E-state index in [0.717, 1.165) is 25.7 Å². The van der Waals surface area contributed by atoms with Gasteiger partial charge in [0.1, 0.15) is 0 Å². The Kier molecular flexibility index (Phi) is 6.00. The Balaban J connectivity index is 2.44. The van der Waals surface area contributed by atoms with Crippen molar-refractivity contribution in [3.05, 3.63) is 35.4 Å². The predicted molar refractivity (Wildman–Crippen MR) is 66.3 cm³/mol. The Morgan fingerprint density at radius 1 is 1.24 bits per heavy atom. The van der Waals surface area contributed by atoms with Gasteiger partial charge in [-0.25, -0.2) is 4.79 Å². The molecule has 0 aliphatic carbocycles. The molecule has 92 valence electrons. The first-order valence-electron chi connectivity index (χ1n) is 6.01. The molecule has 3 heteroatoms. The van der Waals surface area contributed by atoms with Gasteiger partial charge in [0, 0.05) is 5.56 Å². The minimum atomic E-state index is -0.413. The molecule has 3 nitrogen and oxygen atoms in total. The molecular weight excluding hydrogens is 216 g/mol. The fourth-order valence-electron chi connectivity index (χ4n) is 1.56. The summed E-state index contributed by atoms with van der Waals surface area (Å²) >= 11 is 0. The average molecular weight is 234 g/mol. The van der Waals surface area contributed by atoms with E-state index in [2.05, 4.69) is 6.92 Å². The van der Waals surface area contributed by atoms with Crippen molar-refractivity contribution >= 4 is 12.3 Å². The molecule has 0 saturated heterocycles. The van der Waals surface area contributed by atoms with Crippen LogP contribution in [0.1, 0.15) is 53.3 Å². The third-order valence-electron chi connectivity index (χ3n) is 2.54. The summed E-state index contributed by atoms with van der Waals surface area (Å²) in [5.41, 5.74) is 0.726. The second kappa shape index (κ2) is 7.60. The van der Waals surface area contributed by atoms with Crippen LogP contribution in [0.4, 0.5) is 0 Å². The molecule has 1 aromatic rings. The normalized spacial score (nSPS) is 9.94. The number of rotatable bonds is 7. The molecule has 1 aromatic carbocycles. The maximum atomic E-state index is 11.7. The molecule has 0 spiro atoms. The van der Waals surface area contributed by atoms with E-state index in [-0.39, 0.29) is 0 Å². The second-order valence-corrected chi connectivity index (χ2v) is 3.90. The van der Waals surface area contributed by atoms with E-state index in [9.17, 15) is 9.59 Å². The van der Waals surface area contributed by atoms with Gasteiger partial charge in [-0.15, -0.1) is 0 Å². The smallest absolute Gasteiger partial charge is 0.338 e. The number of hydrogen-bond donors (Lipinski definition) is 0. The monoisotopic (exact) mass is 234 g/mol. The predicted octanol–water partition coefficient (Wildman–Crippen LogP) is 3.24. The van der Waals surface area contributed by atoms with E-state index in [4.69, 9.17) is 4.74 Å². The Hall–Kier alpha value is -1.64. The summed E-state index contributed by atoms with van der Waals surface area (Å²) < 4.78 is 5.12. The first-order chi connectivity index (χ1) is 8.29. The zero-order valence-corrected chi connectivity index (χ0v) is 10.1. The highest BCUT2D eigenvalue weighted by molar-refractivity contribution is 5.98. The van der Waals surface area contributed by atoms with Gasteiger partial charge in [-0.2, -0.15) is 0 Å². The lowest BCUT2D eigenvalue weighted by atomic mass is 10.1. The topological polar surface area (TPSA) is 43.4 Å². The van der Waals surface area contributed by atoms with Gasteiger partial charge in [0.25, 0.3) is 0 Å². The maximum Gasteiger partial charge on any atom is 0.338 e. The molecule has 0 N–H and O–H groups in total. The van der Waals surface area contributed by atoms with Crippen LogP contribution in [0.25, 0.3) is 0 Å². The van der Waals surface area contributed by atoms with Crippen molar-refractivity contribution in [1.82, 2.24) is 0 Å². The van der Waals surface area contributed by atoms with Crippen LogP contribution in [-0.4, -0.2) is 18.9 Å². The van der Waals surface area contributed by atoms with Gasteiger partial charge in [-0.3, -0.25) is 4.79 Å². The molecule has 0 aromatic heterocycles. The summed E-state index contributed by atoms with van der Waals surface area (Å²) in [7, 11) is 0. The van der Waals surface area contributed by atoms with Crippen molar-refractivity contribution in [2.24, 2.45) is 0 Å². The number of benzene rings is 1. The van der Waals surface area contributed by atoms with Crippen LogP contribution >= 0.6 is 0 Å². The molecule has 0 bridgehead atoms.